The third kappa shape index (κ3) is 4.16. The molecule has 0 spiro atoms. The molecule has 1 aliphatic rings. The van der Waals surface area contributed by atoms with Crippen LogP contribution in [0.25, 0.3) is 6.08 Å². The number of nitrogens with zero attached hydrogens (tertiary/aromatic N) is 1. The Morgan fingerprint density at radius 2 is 1.93 bits per heavy atom. The molecule has 0 radical (unpaired) electrons. The van der Waals surface area contributed by atoms with Crippen molar-refractivity contribution in [2.75, 3.05) is 11.6 Å². The van der Waals surface area contributed by atoms with Crippen molar-refractivity contribution < 1.29 is 23.9 Å². The molecule has 7 nitrogen and oxygen atoms in total. The summed E-state index contributed by atoms with van der Waals surface area (Å²) in [5.74, 6) is -0.736. The lowest BCUT2D eigenvalue weighted by atomic mass is 10.1. The molecule has 1 N–H and O–H groups in total. The molecule has 3 rings (SSSR count). The monoisotopic (exact) mass is 492 g/mol. The van der Waals surface area contributed by atoms with Gasteiger partial charge in [-0.05, 0) is 65.4 Å². The molecule has 2 amide bonds. The van der Waals surface area contributed by atoms with Crippen molar-refractivity contribution in [1.82, 2.24) is 5.43 Å². The molecule has 28 heavy (non-hydrogen) atoms. The highest BCUT2D eigenvalue weighted by Crippen LogP contribution is 2.35. The van der Waals surface area contributed by atoms with Gasteiger partial charge >= 0.3 is 5.97 Å². The number of ether oxygens (including phenoxy) is 2. The summed E-state index contributed by atoms with van der Waals surface area (Å²) in [4.78, 5) is 36.4. The molecule has 1 aliphatic heterocycles. The van der Waals surface area contributed by atoms with Gasteiger partial charge in [0.25, 0.3) is 11.8 Å². The zero-order valence-electron chi connectivity index (χ0n) is 15.2. The summed E-state index contributed by atoms with van der Waals surface area (Å²) in [6.07, 6.45) is 1.49. The van der Waals surface area contributed by atoms with Crippen LogP contribution in [-0.4, -0.2) is 24.4 Å². The molecule has 0 aromatic heterocycles. The lowest BCUT2D eigenvalue weighted by Gasteiger charge is -2.14. The average molecular weight is 492 g/mol. The fraction of sp³-hybridized carbons (Fsp3) is 0.150. The van der Waals surface area contributed by atoms with Gasteiger partial charge < -0.3 is 9.47 Å². The first-order chi connectivity index (χ1) is 13.4. The molecule has 8 heteroatoms. The number of rotatable bonds is 5. The second-order valence-electron chi connectivity index (χ2n) is 5.83. The Balaban J connectivity index is 1.97. The minimum absolute atomic E-state index is 0.00216. The Bertz CT molecular complexity index is 972. The zero-order valence-corrected chi connectivity index (χ0v) is 17.3. The Labute approximate surface area is 175 Å². The predicted molar refractivity (Wildman–Crippen MR) is 112 cm³/mol. The predicted octanol–water partition coefficient (Wildman–Crippen LogP) is 3.08. The number of para-hydroxylation sites is 1. The maximum atomic E-state index is 12.7. The van der Waals surface area contributed by atoms with Crippen molar-refractivity contribution in [2.24, 2.45) is 0 Å². The molecule has 0 bridgehead atoms. The largest absolute Gasteiger partial charge is 0.490 e. The van der Waals surface area contributed by atoms with Crippen molar-refractivity contribution in [3.8, 4) is 11.5 Å². The number of nitrogens with one attached hydrogen (secondary N) is 1. The number of hydrogen-bond donors (Lipinski definition) is 1. The van der Waals surface area contributed by atoms with E-state index in [2.05, 4.69) is 5.43 Å². The SMILES string of the molecule is CCOc1cc(C=C2C(=O)NN(c3ccccc3)C2=O)cc(I)c1OC(C)=O. The summed E-state index contributed by atoms with van der Waals surface area (Å²) in [6.45, 7) is 3.48. The number of carbonyl (C=O) groups is 3. The van der Waals surface area contributed by atoms with Gasteiger partial charge in [-0.3, -0.25) is 19.8 Å². The number of benzene rings is 2. The highest BCUT2D eigenvalue weighted by atomic mass is 127. The van der Waals surface area contributed by atoms with Crippen LogP contribution in [0.15, 0.2) is 48.0 Å². The third-order valence-corrected chi connectivity index (χ3v) is 4.60. The number of esters is 1. The Morgan fingerprint density at radius 3 is 2.57 bits per heavy atom. The van der Waals surface area contributed by atoms with Gasteiger partial charge in [0.2, 0.25) is 0 Å². The average Bonchev–Trinajstić information content (AvgIpc) is 2.93. The van der Waals surface area contributed by atoms with E-state index in [9.17, 15) is 14.4 Å². The van der Waals surface area contributed by atoms with E-state index in [-0.39, 0.29) is 5.57 Å². The van der Waals surface area contributed by atoms with Gasteiger partial charge in [-0.15, -0.1) is 0 Å². The lowest BCUT2D eigenvalue weighted by Crippen LogP contribution is -2.35. The number of amides is 2. The number of hydrogen-bond acceptors (Lipinski definition) is 5. The summed E-state index contributed by atoms with van der Waals surface area (Å²) in [7, 11) is 0. The van der Waals surface area contributed by atoms with Crippen LogP contribution in [0.2, 0.25) is 0 Å². The lowest BCUT2D eigenvalue weighted by molar-refractivity contribution is -0.132. The number of carbonyl (C=O) groups excluding carboxylic acids is 3. The van der Waals surface area contributed by atoms with Gasteiger partial charge in [0, 0.05) is 6.92 Å². The summed E-state index contributed by atoms with van der Waals surface area (Å²) < 4.78 is 11.4. The van der Waals surface area contributed by atoms with Gasteiger partial charge in [0.05, 0.1) is 15.9 Å². The molecule has 0 unspecified atom stereocenters. The molecular weight excluding hydrogens is 475 g/mol. The van der Waals surface area contributed by atoms with Crippen LogP contribution in [0.3, 0.4) is 0 Å². The third-order valence-electron chi connectivity index (χ3n) is 3.79. The van der Waals surface area contributed by atoms with Crippen LogP contribution in [0, 0.1) is 3.57 Å². The summed E-state index contributed by atoms with van der Waals surface area (Å²) in [6, 6.07) is 12.2. The van der Waals surface area contributed by atoms with Gasteiger partial charge in [0.1, 0.15) is 5.57 Å². The summed E-state index contributed by atoms with van der Waals surface area (Å²) in [5, 5.41) is 1.20. The second-order valence-corrected chi connectivity index (χ2v) is 6.99. The second kappa shape index (κ2) is 8.42. The van der Waals surface area contributed by atoms with Crippen LogP contribution in [0.1, 0.15) is 19.4 Å². The molecule has 0 aliphatic carbocycles. The fourth-order valence-electron chi connectivity index (χ4n) is 2.66. The Morgan fingerprint density at radius 1 is 1.21 bits per heavy atom. The van der Waals surface area contributed by atoms with E-state index in [0.717, 1.165) is 0 Å². The van der Waals surface area contributed by atoms with E-state index in [1.54, 1.807) is 43.3 Å². The van der Waals surface area contributed by atoms with Crippen molar-refractivity contribution in [3.63, 3.8) is 0 Å². The van der Waals surface area contributed by atoms with Crippen molar-refractivity contribution in [2.45, 2.75) is 13.8 Å². The van der Waals surface area contributed by atoms with Gasteiger partial charge in [-0.1, -0.05) is 18.2 Å². The van der Waals surface area contributed by atoms with E-state index in [1.807, 2.05) is 28.7 Å². The Kier molecular flexibility index (Phi) is 5.98. The van der Waals surface area contributed by atoms with Crippen LogP contribution in [0.4, 0.5) is 5.69 Å². The molecule has 1 saturated heterocycles. The van der Waals surface area contributed by atoms with Gasteiger partial charge in [-0.2, -0.15) is 0 Å². The van der Waals surface area contributed by atoms with Gasteiger partial charge in [-0.25, -0.2) is 5.01 Å². The van der Waals surface area contributed by atoms with E-state index in [0.29, 0.717) is 32.9 Å². The fourth-order valence-corrected chi connectivity index (χ4v) is 3.40. The minimum Gasteiger partial charge on any atom is -0.490 e. The zero-order chi connectivity index (χ0) is 20.3. The molecule has 2 aromatic rings. The number of hydrazine groups is 1. The topological polar surface area (TPSA) is 84.9 Å². The highest BCUT2D eigenvalue weighted by molar-refractivity contribution is 14.1. The van der Waals surface area contributed by atoms with Crippen molar-refractivity contribution in [1.29, 1.82) is 0 Å². The first-order valence-corrected chi connectivity index (χ1v) is 9.55. The van der Waals surface area contributed by atoms with Crippen LogP contribution >= 0.6 is 22.6 Å². The first kappa shape index (κ1) is 19.9. The van der Waals surface area contributed by atoms with E-state index < -0.39 is 17.8 Å². The molecule has 2 aromatic carbocycles. The molecule has 1 fully saturated rings. The van der Waals surface area contributed by atoms with Crippen LogP contribution < -0.4 is 19.9 Å². The normalized spacial score (nSPS) is 15.0. The summed E-state index contributed by atoms with van der Waals surface area (Å²) in [5.41, 5.74) is 3.71. The molecule has 144 valence electrons. The number of halogens is 1. The van der Waals surface area contributed by atoms with Crippen LogP contribution in [-0.2, 0) is 14.4 Å². The van der Waals surface area contributed by atoms with E-state index in [4.69, 9.17) is 9.47 Å². The Hall–Kier alpha value is -2.88. The van der Waals surface area contributed by atoms with Gasteiger partial charge in [0.15, 0.2) is 11.5 Å². The number of anilines is 1. The molecule has 0 atom stereocenters. The van der Waals surface area contributed by atoms with Crippen molar-refractivity contribution in [3.05, 3.63) is 57.2 Å². The first-order valence-electron chi connectivity index (χ1n) is 8.47. The molecule has 1 heterocycles. The minimum atomic E-state index is -0.495. The standard InChI is InChI=1S/C20H17IN2O5/c1-3-27-17-11-13(10-16(21)18(17)28-12(2)24)9-15-19(25)22-23(20(15)26)14-7-5-4-6-8-14/h4-11H,3H2,1-2H3,(H,22,25). The van der Waals surface area contributed by atoms with E-state index in [1.165, 1.54) is 18.0 Å². The summed E-state index contributed by atoms with van der Waals surface area (Å²) >= 11 is 2.01. The smallest absolute Gasteiger partial charge is 0.308 e. The maximum Gasteiger partial charge on any atom is 0.308 e. The van der Waals surface area contributed by atoms with Crippen molar-refractivity contribution >= 4 is 52.1 Å². The maximum absolute atomic E-state index is 12.7. The molecular formula is C20H17IN2O5. The quantitative estimate of drug-likeness (QED) is 0.228. The van der Waals surface area contributed by atoms with Crippen LogP contribution in [0.5, 0.6) is 11.5 Å². The molecule has 0 saturated carbocycles. The highest BCUT2D eigenvalue weighted by Gasteiger charge is 2.34. The van der Waals surface area contributed by atoms with E-state index >= 15 is 0 Å².